The number of fused-ring (bicyclic) bond motifs is 1. The molecule has 0 aliphatic carbocycles. The number of nitrogens with zero attached hydrogens (tertiary/aromatic N) is 1. The lowest BCUT2D eigenvalue weighted by atomic mass is 9.86. The first-order valence-electron chi connectivity index (χ1n) is 13.0. The van der Waals surface area contributed by atoms with Gasteiger partial charge in [-0.05, 0) is 78.4 Å². The third-order valence-electron chi connectivity index (χ3n) is 6.81. The number of amides is 1. The zero-order valence-corrected chi connectivity index (χ0v) is 23.3. The quantitative estimate of drug-likeness (QED) is 0.313. The minimum absolute atomic E-state index is 0.0137. The Morgan fingerprint density at radius 1 is 0.816 bits per heavy atom. The molecule has 0 bridgehead atoms. The fourth-order valence-corrected chi connectivity index (χ4v) is 4.99. The first-order chi connectivity index (χ1) is 18.4. The van der Waals surface area contributed by atoms with Crippen molar-refractivity contribution in [3.8, 4) is 28.7 Å². The van der Waals surface area contributed by atoms with Gasteiger partial charge in [-0.1, -0.05) is 26.0 Å². The normalized spacial score (nSPS) is 14.8. The standard InChI is InChI=1S/C31H37NO6/c1-8-37-25-14-21-17-29(33)32(23-12-10-20(11-13-23)19(3)4)30(24(21)18-26(25)38-9-2)22-15-27(34-5)31(36-7)28(16-22)35-6/h10-16,18-19,30H,8-9,17H2,1-7H3. The molecule has 0 fully saturated rings. The molecule has 3 aromatic rings. The van der Waals surface area contributed by atoms with Crippen LogP contribution >= 0.6 is 0 Å². The van der Waals surface area contributed by atoms with Crippen LogP contribution in [-0.4, -0.2) is 40.5 Å². The van der Waals surface area contributed by atoms with Crippen molar-refractivity contribution in [1.29, 1.82) is 0 Å². The first kappa shape index (κ1) is 27.2. The molecule has 0 aromatic heterocycles. The Balaban J connectivity index is 1.98. The summed E-state index contributed by atoms with van der Waals surface area (Å²) in [5, 5.41) is 0. The number of hydrogen-bond donors (Lipinski definition) is 0. The van der Waals surface area contributed by atoms with Crippen molar-refractivity contribution in [2.24, 2.45) is 0 Å². The summed E-state index contributed by atoms with van der Waals surface area (Å²) in [5.41, 5.74) is 4.71. The summed E-state index contributed by atoms with van der Waals surface area (Å²) in [7, 11) is 4.75. The number of hydrogen-bond acceptors (Lipinski definition) is 6. The van der Waals surface area contributed by atoms with E-state index in [9.17, 15) is 4.79 Å². The molecule has 0 saturated carbocycles. The van der Waals surface area contributed by atoms with Gasteiger partial charge in [0.05, 0.1) is 47.0 Å². The topological polar surface area (TPSA) is 66.5 Å². The molecule has 0 radical (unpaired) electrons. The van der Waals surface area contributed by atoms with Crippen LogP contribution < -0.4 is 28.6 Å². The molecule has 1 aliphatic rings. The highest BCUT2D eigenvalue weighted by Crippen LogP contribution is 2.47. The third kappa shape index (κ3) is 5.10. The van der Waals surface area contributed by atoms with Crippen molar-refractivity contribution in [3.63, 3.8) is 0 Å². The van der Waals surface area contributed by atoms with Crippen molar-refractivity contribution in [1.82, 2.24) is 0 Å². The molecule has 1 amide bonds. The van der Waals surface area contributed by atoms with Crippen molar-refractivity contribution < 1.29 is 28.5 Å². The smallest absolute Gasteiger partial charge is 0.232 e. The largest absolute Gasteiger partial charge is 0.493 e. The number of methoxy groups -OCH3 is 3. The second kappa shape index (κ2) is 11.7. The highest BCUT2D eigenvalue weighted by atomic mass is 16.5. The van der Waals surface area contributed by atoms with Gasteiger partial charge in [-0.25, -0.2) is 0 Å². The van der Waals surface area contributed by atoms with Gasteiger partial charge in [0.25, 0.3) is 0 Å². The maximum Gasteiger partial charge on any atom is 0.232 e. The second-order valence-electron chi connectivity index (χ2n) is 9.41. The summed E-state index contributed by atoms with van der Waals surface area (Å²) < 4.78 is 28.8. The molecular weight excluding hydrogens is 482 g/mol. The average Bonchev–Trinajstić information content (AvgIpc) is 2.92. The number of carbonyl (C=O) groups is 1. The van der Waals surface area contributed by atoms with E-state index in [0.717, 1.165) is 22.4 Å². The molecule has 0 saturated heterocycles. The molecule has 4 rings (SSSR count). The van der Waals surface area contributed by atoms with Crippen molar-refractivity contribution >= 4 is 11.6 Å². The van der Waals surface area contributed by atoms with Gasteiger partial charge in [-0.3, -0.25) is 4.79 Å². The minimum Gasteiger partial charge on any atom is -0.493 e. The van der Waals surface area contributed by atoms with Crippen LogP contribution in [0.4, 0.5) is 5.69 Å². The molecule has 0 N–H and O–H groups in total. The van der Waals surface area contributed by atoms with Crippen molar-refractivity contribution in [2.75, 3.05) is 39.4 Å². The number of benzene rings is 3. The molecule has 0 spiro atoms. The molecule has 3 aromatic carbocycles. The third-order valence-corrected chi connectivity index (χ3v) is 6.81. The molecule has 1 atom stereocenters. The zero-order chi connectivity index (χ0) is 27.4. The van der Waals surface area contributed by atoms with Gasteiger partial charge in [-0.15, -0.1) is 0 Å². The predicted octanol–water partition coefficient (Wildman–Crippen LogP) is 6.31. The van der Waals surface area contributed by atoms with Gasteiger partial charge in [0.1, 0.15) is 0 Å². The fourth-order valence-electron chi connectivity index (χ4n) is 4.99. The van der Waals surface area contributed by atoms with E-state index < -0.39 is 6.04 Å². The van der Waals surface area contributed by atoms with E-state index in [-0.39, 0.29) is 12.3 Å². The molecule has 202 valence electrons. The summed E-state index contributed by atoms with van der Waals surface area (Å²) in [6, 6.07) is 15.5. The molecular formula is C31H37NO6. The van der Waals surface area contributed by atoms with Gasteiger partial charge < -0.3 is 28.6 Å². The van der Waals surface area contributed by atoms with E-state index in [4.69, 9.17) is 23.7 Å². The van der Waals surface area contributed by atoms with Crippen LogP contribution in [0.1, 0.15) is 61.9 Å². The Labute approximate surface area is 225 Å². The van der Waals surface area contributed by atoms with E-state index in [1.807, 2.05) is 55.1 Å². The van der Waals surface area contributed by atoms with Crippen LogP contribution in [0.15, 0.2) is 48.5 Å². The number of anilines is 1. The van der Waals surface area contributed by atoms with Gasteiger partial charge in [0.2, 0.25) is 11.7 Å². The number of rotatable bonds is 10. The Bertz CT molecular complexity index is 1260. The lowest BCUT2D eigenvalue weighted by Gasteiger charge is -2.38. The SMILES string of the molecule is CCOc1cc2c(cc1OCC)C(c1cc(OC)c(OC)c(OC)c1)N(c1ccc(C(C)C)cc1)C(=O)C2. The molecule has 38 heavy (non-hydrogen) atoms. The first-order valence-corrected chi connectivity index (χ1v) is 13.0. The van der Waals surface area contributed by atoms with E-state index >= 15 is 0 Å². The monoisotopic (exact) mass is 519 g/mol. The molecule has 1 unspecified atom stereocenters. The van der Waals surface area contributed by atoms with Crippen LogP contribution in [0.25, 0.3) is 0 Å². The highest BCUT2D eigenvalue weighted by Gasteiger charge is 2.37. The summed E-state index contributed by atoms with van der Waals surface area (Å²) in [6.07, 6.45) is 0.245. The highest BCUT2D eigenvalue weighted by molar-refractivity contribution is 5.98. The summed E-state index contributed by atoms with van der Waals surface area (Å²) in [6.45, 7) is 9.17. The van der Waals surface area contributed by atoms with Crippen LogP contribution in [-0.2, 0) is 11.2 Å². The lowest BCUT2D eigenvalue weighted by Crippen LogP contribution is -2.41. The van der Waals surface area contributed by atoms with Gasteiger partial charge in [0, 0.05) is 5.69 Å². The van der Waals surface area contributed by atoms with E-state index in [1.54, 1.807) is 21.3 Å². The Kier molecular flexibility index (Phi) is 8.35. The van der Waals surface area contributed by atoms with E-state index in [1.165, 1.54) is 5.56 Å². The van der Waals surface area contributed by atoms with Gasteiger partial charge in [0.15, 0.2) is 23.0 Å². The van der Waals surface area contributed by atoms with Gasteiger partial charge in [-0.2, -0.15) is 0 Å². The summed E-state index contributed by atoms with van der Waals surface area (Å²) >= 11 is 0. The molecule has 7 nitrogen and oxygen atoms in total. The zero-order valence-electron chi connectivity index (χ0n) is 23.3. The predicted molar refractivity (Wildman–Crippen MR) is 148 cm³/mol. The average molecular weight is 520 g/mol. The van der Waals surface area contributed by atoms with Crippen molar-refractivity contribution in [3.05, 3.63) is 70.8 Å². The molecule has 1 heterocycles. The van der Waals surface area contributed by atoms with Crippen LogP contribution in [0.2, 0.25) is 0 Å². The van der Waals surface area contributed by atoms with Crippen LogP contribution in [0.3, 0.4) is 0 Å². The number of carbonyl (C=O) groups excluding carboxylic acids is 1. The summed E-state index contributed by atoms with van der Waals surface area (Å²) in [4.78, 5) is 15.7. The van der Waals surface area contributed by atoms with Crippen molar-refractivity contribution in [2.45, 2.75) is 46.1 Å². The molecule has 7 heteroatoms. The molecule has 1 aliphatic heterocycles. The number of ether oxygens (including phenoxy) is 5. The Hall–Kier alpha value is -3.87. The summed E-state index contributed by atoms with van der Waals surface area (Å²) in [5.74, 6) is 3.20. The Morgan fingerprint density at radius 3 is 1.89 bits per heavy atom. The lowest BCUT2D eigenvalue weighted by molar-refractivity contribution is -0.118. The minimum atomic E-state index is -0.459. The van der Waals surface area contributed by atoms with E-state index in [2.05, 4.69) is 26.0 Å². The Morgan fingerprint density at radius 2 is 1.39 bits per heavy atom. The van der Waals surface area contributed by atoms with Crippen LogP contribution in [0.5, 0.6) is 28.7 Å². The maximum absolute atomic E-state index is 13.8. The van der Waals surface area contributed by atoms with Crippen LogP contribution in [0, 0.1) is 0 Å². The van der Waals surface area contributed by atoms with Gasteiger partial charge >= 0.3 is 0 Å². The maximum atomic E-state index is 13.8. The van der Waals surface area contributed by atoms with E-state index in [0.29, 0.717) is 47.9 Å². The fraction of sp³-hybridized carbons (Fsp3) is 0.387. The second-order valence-corrected chi connectivity index (χ2v) is 9.41.